The minimum absolute atomic E-state index is 0.00109. The lowest BCUT2D eigenvalue weighted by atomic mass is 10.00. The number of rotatable bonds is 6. The minimum Gasteiger partial charge on any atom is -0.466 e. The fourth-order valence-corrected chi connectivity index (χ4v) is 3.92. The lowest BCUT2D eigenvalue weighted by Gasteiger charge is -2.25. The zero-order chi connectivity index (χ0) is 21.3. The molecule has 0 saturated heterocycles. The van der Waals surface area contributed by atoms with E-state index in [0.717, 1.165) is 6.07 Å². The number of esters is 1. The largest absolute Gasteiger partial charge is 0.511 e. The number of halogens is 6. The van der Waals surface area contributed by atoms with Crippen molar-refractivity contribution in [3.05, 3.63) is 34.9 Å². The molecule has 1 unspecified atom stereocenters. The maximum atomic E-state index is 13.0. The number of hydrogen-bond donors (Lipinski definition) is 0. The van der Waals surface area contributed by atoms with E-state index in [1.807, 2.05) is 6.92 Å². The number of hydrogen-bond acceptors (Lipinski definition) is 4. The summed E-state index contributed by atoms with van der Waals surface area (Å²) in [6, 6.07) is 0.529. The van der Waals surface area contributed by atoms with Gasteiger partial charge in [-0.25, -0.2) is 8.42 Å². The predicted molar refractivity (Wildman–Crippen MR) is 85.2 cm³/mol. The van der Waals surface area contributed by atoms with Gasteiger partial charge in [0.05, 0.1) is 24.6 Å². The van der Waals surface area contributed by atoms with Gasteiger partial charge in [-0.2, -0.15) is 30.6 Å². The van der Waals surface area contributed by atoms with Crippen molar-refractivity contribution < 1.29 is 44.3 Å². The average molecular weight is 433 g/mol. The Kier molecular flexibility index (Phi) is 6.34. The molecular formula is C16H17F6NO4S. The highest BCUT2D eigenvalue weighted by molar-refractivity contribution is 7.90. The van der Waals surface area contributed by atoms with E-state index in [0.29, 0.717) is 25.0 Å². The van der Waals surface area contributed by atoms with Gasteiger partial charge in [-0.05, 0) is 29.7 Å². The Bertz CT molecular complexity index is 835. The van der Waals surface area contributed by atoms with Crippen LogP contribution in [-0.4, -0.2) is 30.8 Å². The molecule has 158 valence electrons. The fraction of sp³-hybridized carbons (Fsp3) is 0.562. The first-order valence-electron chi connectivity index (χ1n) is 8.22. The van der Waals surface area contributed by atoms with Gasteiger partial charge in [0.1, 0.15) is 0 Å². The van der Waals surface area contributed by atoms with Gasteiger partial charge in [-0.3, -0.25) is 4.79 Å². The van der Waals surface area contributed by atoms with Gasteiger partial charge in [0.2, 0.25) is 0 Å². The SMILES string of the molecule is CCCCOC(=O)CC1c2ccc(C(F)(F)F)cc2CN1S(=O)(=O)C(F)(F)F. The summed E-state index contributed by atoms with van der Waals surface area (Å²) in [4.78, 5) is 11.9. The van der Waals surface area contributed by atoms with Crippen molar-refractivity contribution >= 4 is 16.0 Å². The summed E-state index contributed by atoms with van der Waals surface area (Å²) < 4.78 is 106. The second-order valence-electron chi connectivity index (χ2n) is 6.20. The molecular weight excluding hydrogens is 416 g/mol. The highest BCUT2D eigenvalue weighted by atomic mass is 32.2. The van der Waals surface area contributed by atoms with Crippen molar-refractivity contribution in [3.8, 4) is 0 Å². The quantitative estimate of drug-likeness (QED) is 0.384. The third-order valence-electron chi connectivity index (χ3n) is 4.23. The summed E-state index contributed by atoms with van der Waals surface area (Å²) in [5.41, 5.74) is -7.12. The van der Waals surface area contributed by atoms with Gasteiger partial charge in [0.25, 0.3) is 0 Å². The van der Waals surface area contributed by atoms with Crippen LogP contribution in [0.15, 0.2) is 18.2 Å². The first kappa shape index (κ1) is 22.5. The van der Waals surface area contributed by atoms with E-state index in [2.05, 4.69) is 0 Å². The van der Waals surface area contributed by atoms with Crippen LogP contribution in [0.3, 0.4) is 0 Å². The molecule has 12 heteroatoms. The summed E-state index contributed by atoms with van der Waals surface area (Å²) >= 11 is 0. The molecule has 2 rings (SSSR count). The third-order valence-corrected chi connectivity index (χ3v) is 5.81. The van der Waals surface area contributed by atoms with Crippen LogP contribution in [0.1, 0.15) is 48.9 Å². The summed E-state index contributed by atoms with van der Waals surface area (Å²) in [5, 5.41) is 0. The molecule has 0 N–H and O–H groups in total. The second-order valence-corrected chi connectivity index (χ2v) is 8.08. The number of unbranched alkanes of at least 4 members (excludes halogenated alkanes) is 1. The Morgan fingerprint density at radius 1 is 1.21 bits per heavy atom. The summed E-state index contributed by atoms with van der Waals surface area (Å²) in [6.45, 7) is 0.902. The molecule has 1 heterocycles. The van der Waals surface area contributed by atoms with E-state index in [1.165, 1.54) is 0 Å². The number of carbonyl (C=O) groups excluding carboxylic acids is 1. The van der Waals surface area contributed by atoms with Crippen molar-refractivity contribution in [1.82, 2.24) is 4.31 Å². The molecule has 0 amide bonds. The molecule has 0 saturated carbocycles. The number of alkyl halides is 6. The minimum atomic E-state index is -5.87. The maximum absolute atomic E-state index is 13.0. The summed E-state index contributed by atoms with van der Waals surface area (Å²) in [6.07, 6.45) is -4.29. The van der Waals surface area contributed by atoms with E-state index >= 15 is 0 Å². The Balaban J connectivity index is 2.40. The van der Waals surface area contributed by atoms with Gasteiger partial charge in [-0.1, -0.05) is 19.4 Å². The van der Waals surface area contributed by atoms with Crippen LogP contribution in [0.2, 0.25) is 0 Å². The molecule has 0 bridgehead atoms. The van der Waals surface area contributed by atoms with Crippen molar-refractivity contribution in [3.63, 3.8) is 0 Å². The lowest BCUT2D eigenvalue weighted by molar-refractivity contribution is -0.145. The molecule has 1 atom stereocenters. The van der Waals surface area contributed by atoms with Gasteiger partial charge in [0.15, 0.2) is 0 Å². The molecule has 0 aromatic heterocycles. The van der Waals surface area contributed by atoms with E-state index in [9.17, 15) is 39.6 Å². The smallest absolute Gasteiger partial charge is 0.466 e. The molecule has 1 aliphatic rings. The van der Waals surface area contributed by atoms with Crippen LogP contribution in [0.25, 0.3) is 0 Å². The van der Waals surface area contributed by atoms with Gasteiger partial charge in [-0.15, -0.1) is 0 Å². The number of sulfonamides is 1. The number of benzene rings is 1. The van der Waals surface area contributed by atoms with E-state index in [4.69, 9.17) is 4.74 Å². The zero-order valence-corrected chi connectivity index (χ0v) is 15.4. The predicted octanol–water partition coefficient (Wildman–Crippen LogP) is 4.15. The van der Waals surface area contributed by atoms with Crippen molar-refractivity contribution in [2.45, 2.75) is 50.5 Å². The van der Waals surface area contributed by atoms with Crippen LogP contribution < -0.4 is 0 Å². The standard InChI is InChI=1S/C16H17F6NO4S/c1-2-3-6-27-14(24)8-13-12-5-4-11(15(17,18)19)7-10(12)9-23(13)28(25,26)16(20,21)22/h4-5,7,13H,2-3,6,8-9H2,1H3. The van der Waals surface area contributed by atoms with E-state index in [1.54, 1.807) is 0 Å². The average Bonchev–Trinajstić information content (AvgIpc) is 2.91. The molecule has 0 radical (unpaired) electrons. The Morgan fingerprint density at radius 3 is 2.39 bits per heavy atom. The number of ether oxygens (including phenoxy) is 1. The van der Waals surface area contributed by atoms with Crippen molar-refractivity contribution in [2.75, 3.05) is 6.61 Å². The molecule has 1 aromatic rings. The molecule has 0 aliphatic carbocycles. The topological polar surface area (TPSA) is 63.7 Å². The highest BCUT2D eigenvalue weighted by Gasteiger charge is 2.54. The lowest BCUT2D eigenvalue weighted by Crippen LogP contribution is -2.40. The molecule has 1 aliphatic heterocycles. The molecule has 0 fully saturated rings. The van der Waals surface area contributed by atoms with Crippen LogP contribution in [0, 0.1) is 0 Å². The fourth-order valence-electron chi connectivity index (χ4n) is 2.82. The number of nitrogens with zero attached hydrogens (tertiary/aromatic N) is 1. The first-order valence-corrected chi connectivity index (χ1v) is 9.66. The number of fused-ring (bicyclic) bond motifs is 1. The van der Waals surface area contributed by atoms with E-state index in [-0.39, 0.29) is 22.0 Å². The molecule has 28 heavy (non-hydrogen) atoms. The summed E-state index contributed by atoms with van der Waals surface area (Å²) in [5.74, 6) is -0.937. The van der Waals surface area contributed by atoms with Crippen molar-refractivity contribution in [2.24, 2.45) is 0 Å². The number of carbonyl (C=O) groups is 1. The van der Waals surface area contributed by atoms with Gasteiger partial charge < -0.3 is 4.74 Å². The van der Waals surface area contributed by atoms with Gasteiger partial charge in [0, 0.05) is 6.54 Å². The Morgan fingerprint density at radius 2 is 1.86 bits per heavy atom. The van der Waals surface area contributed by atoms with E-state index < -0.39 is 52.2 Å². The second kappa shape index (κ2) is 7.90. The van der Waals surface area contributed by atoms with Crippen LogP contribution in [-0.2, 0) is 32.3 Å². The monoisotopic (exact) mass is 433 g/mol. The first-order chi connectivity index (χ1) is 12.8. The summed E-state index contributed by atoms with van der Waals surface area (Å²) in [7, 11) is -5.87. The van der Waals surface area contributed by atoms with Crippen LogP contribution in [0.4, 0.5) is 26.3 Å². The normalized spacial score (nSPS) is 18.2. The van der Waals surface area contributed by atoms with Crippen LogP contribution in [0.5, 0.6) is 0 Å². The Hall–Kier alpha value is -1.82. The third kappa shape index (κ3) is 4.59. The molecule has 1 aromatic carbocycles. The van der Waals surface area contributed by atoms with Crippen molar-refractivity contribution in [1.29, 1.82) is 0 Å². The Labute approximate surface area is 157 Å². The maximum Gasteiger partial charge on any atom is 0.511 e. The van der Waals surface area contributed by atoms with Gasteiger partial charge >= 0.3 is 27.7 Å². The molecule has 0 spiro atoms. The molecule has 5 nitrogen and oxygen atoms in total. The van der Waals surface area contributed by atoms with Crippen LogP contribution >= 0.6 is 0 Å². The highest BCUT2D eigenvalue weighted by Crippen LogP contribution is 2.44. The zero-order valence-electron chi connectivity index (χ0n) is 14.6.